The molecule has 0 spiro atoms. The molecular weight excluding hydrogens is 166 g/mol. The molecule has 11 heavy (non-hydrogen) atoms. The fourth-order valence-corrected chi connectivity index (χ4v) is 1.28. The molecule has 0 aromatic heterocycles. The van der Waals surface area contributed by atoms with Gasteiger partial charge in [0.05, 0.1) is 4.90 Å². The lowest BCUT2D eigenvalue weighted by molar-refractivity contribution is -0.635. The van der Waals surface area contributed by atoms with Crippen molar-refractivity contribution in [1.82, 2.24) is 0 Å². The minimum atomic E-state index is -3.61. The second-order valence-corrected chi connectivity index (χ2v) is 3.50. The molecule has 0 radical (unpaired) electrons. The number of rotatable bonds is 2. The predicted molar refractivity (Wildman–Crippen MR) is 37.6 cm³/mol. The molecule has 0 fully saturated rings. The monoisotopic (exact) mass is 174 g/mol. The van der Waals surface area contributed by atoms with Gasteiger partial charge < -0.3 is 0 Å². The number of hydrogen-bond acceptors (Lipinski definition) is 3. The summed E-state index contributed by atoms with van der Waals surface area (Å²) >= 11 is 0. The third-order valence-corrected chi connectivity index (χ3v) is 2.35. The van der Waals surface area contributed by atoms with Crippen LogP contribution in [0.4, 0.5) is 0 Å². The van der Waals surface area contributed by atoms with Gasteiger partial charge in [0.15, 0.2) is 0 Å². The van der Waals surface area contributed by atoms with Gasteiger partial charge in [-0.2, -0.15) is 14.3 Å². The predicted octanol–water partition coefficient (Wildman–Crippen LogP) is -0.451. The summed E-state index contributed by atoms with van der Waals surface area (Å²) in [6, 6.07) is 7.85. The quantitative estimate of drug-likeness (QED) is 0.617. The van der Waals surface area contributed by atoms with Crippen LogP contribution in [0.3, 0.4) is 0 Å². The van der Waals surface area contributed by atoms with E-state index >= 15 is 0 Å². The summed E-state index contributed by atoms with van der Waals surface area (Å²) in [4.78, 5) is 0.120. The molecule has 1 rings (SSSR count). The van der Waals surface area contributed by atoms with Gasteiger partial charge in [-0.15, -0.1) is 0 Å². The zero-order valence-electron chi connectivity index (χ0n) is 5.73. The molecule has 0 heterocycles. The number of benzene rings is 1. The van der Waals surface area contributed by atoms with E-state index in [0.717, 1.165) is 0 Å². The van der Waals surface area contributed by atoms with Crippen molar-refractivity contribution in [1.29, 1.82) is 0 Å². The van der Waals surface area contributed by atoms with Gasteiger partial charge in [-0.25, -0.2) is 0 Å². The largest absolute Gasteiger partial charge is 0.342 e. The maximum absolute atomic E-state index is 10.9. The molecule has 0 amide bonds. The molecule has 1 aromatic rings. The van der Waals surface area contributed by atoms with Gasteiger partial charge in [-0.3, -0.25) is 0 Å². The summed E-state index contributed by atoms with van der Waals surface area (Å²) in [7, 11) is -3.61. The second-order valence-electron chi connectivity index (χ2n) is 1.89. The highest BCUT2D eigenvalue weighted by Crippen LogP contribution is 2.07. The van der Waals surface area contributed by atoms with E-state index < -0.39 is 10.1 Å². The highest BCUT2D eigenvalue weighted by molar-refractivity contribution is 7.86. The molecule has 3 N–H and O–H groups in total. The van der Waals surface area contributed by atoms with E-state index in [1.54, 1.807) is 18.2 Å². The number of hydrogen-bond donors (Lipinski definition) is 1. The van der Waals surface area contributed by atoms with E-state index in [1.165, 1.54) is 12.1 Å². The average Bonchev–Trinajstić information content (AvgIpc) is 2.06. The Morgan fingerprint density at radius 2 is 1.73 bits per heavy atom. The van der Waals surface area contributed by atoms with Crippen LogP contribution in [0.5, 0.6) is 0 Å². The molecule has 0 bridgehead atoms. The maximum Gasteiger partial charge on any atom is 0.342 e. The zero-order chi connectivity index (χ0) is 8.32. The first kappa shape index (κ1) is 8.19. The molecule has 0 aliphatic carbocycles. The Morgan fingerprint density at radius 1 is 1.18 bits per heavy atom. The third-order valence-electron chi connectivity index (χ3n) is 1.19. The van der Waals surface area contributed by atoms with Gasteiger partial charge in [0, 0.05) is 0 Å². The van der Waals surface area contributed by atoms with Crippen LogP contribution in [0.25, 0.3) is 0 Å². The minimum absolute atomic E-state index is 0.120. The first-order valence-corrected chi connectivity index (χ1v) is 4.31. The van der Waals surface area contributed by atoms with Gasteiger partial charge in [-0.1, -0.05) is 22.5 Å². The lowest BCUT2D eigenvalue weighted by Crippen LogP contribution is -2.50. The lowest BCUT2D eigenvalue weighted by atomic mass is 10.4. The summed E-state index contributed by atoms with van der Waals surface area (Å²) in [5.41, 5.74) is 0. The van der Waals surface area contributed by atoms with E-state index in [9.17, 15) is 8.42 Å². The van der Waals surface area contributed by atoms with Gasteiger partial charge in [0.1, 0.15) is 0 Å². The van der Waals surface area contributed by atoms with Crippen molar-refractivity contribution in [2.75, 3.05) is 0 Å². The van der Waals surface area contributed by atoms with Crippen LogP contribution in [0.15, 0.2) is 35.2 Å². The van der Waals surface area contributed by atoms with Crippen LogP contribution in [0.1, 0.15) is 0 Å². The Morgan fingerprint density at radius 3 is 2.18 bits per heavy atom. The topological polar surface area (TPSA) is 71.0 Å². The van der Waals surface area contributed by atoms with Gasteiger partial charge in [0.2, 0.25) is 0 Å². The molecule has 0 unspecified atom stereocenters. The summed E-state index contributed by atoms with van der Waals surface area (Å²) in [6.07, 6.45) is 0. The Balaban J connectivity index is 3.14. The Labute approximate surface area is 64.7 Å². The normalized spacial score (nSPS) is 11.4. The highest BCUT2D eigenvalue weighted by Gasteiger charge is 2.13. The Bertz CT molecular complexity index is 319. The van der Waals surface area contributed by atoms with Crippen molar-refractivity contribution in [2.45, 2.75) is 4.90 Å². The molecule has 0 aliphatic rings. The summed E-state index contributed by atoms with van der Waals surface area (Å²) in [5, 5.41) is 0. The van der Waals surface area contributed by atoms with E-state index in [1.807, 2.05) is 0 Å². The maximum atomic E-state index is 10.9. The van der Waals surface area contributed by atoms with E-state index in [2.05, 4.69) is 10.2 Å². The van der Waals surface area contributed by atoms with E-state index in [-0.39, 0.29) is 4.90 Å². The van der Waals surface area contributed by atoms with Crippen molar-refractivity contribution >= 4 is 10.1 Å². The van der Waals surface area contributed by atoms with Crippen LogP contribution < -0.4 is 5.90 Å². The Hall–Kier alpha value is -0.910. The van der Waals surface area contributed by atoms with Gasteiger partial charge in [-0.05, 0) is 12.1 Å². The van der Waals surface area contributed by atoms with Crippen LogP contribution in [-0.2, 0) is 14.4 Å². The van der Waals surface area contributed by atoms with Crippen LogP contribution in [0, 0.1) is 0 Å². The van der Waals surface area contributed by atoms with Crippen molar-refractivity contribution in [3.05, 3.63) is 30.3 Å². The van der Waals surface area contributed by atoms with E-state index in [0.29, 0.717) is 0 Å². The van der Waals surface area contributed by atoms with Crippen molar-refractivity contribution in [2.24, 2.45) is 0 Å². The summed E-state index contributed by atoms with van der Waals surface area (Å²) in [5.74, 6) is 2.85. The van der Waals surface area contributed by atoms with Crippen LogP contribution in [0.2, 0.25) is 0 Å². The molecule has 4 nitrogen and oxygen atoms in total. The SMILES string of the molecule is [NH3+]OS(=O)(=O)c1ccccc1. The molecule has 0 saturated carbocycles. The van der Waals surface area contributed by atoms with Gasteiger partial charge >= 0.3 is 10.1 Å². The number of quaternary nitrogens is 1. The first-order valence-electron chi connectivity index (χ1n) is 2.90. The molecule has 0 atom stereocenters. The highest BCUT2D eigenvalue weighted by atomic mass is 32.2. The fourth-order valence-electron chi connectivity index (χ4n) is 0.655. The summed E-state index contributed by atoms with van der Waals surface area (Å²) < 4.78 is 25.9. The van der Waals surface area contributed by atoms with Crippen molar-refractivity contribution in [3.8, 4) is 0 Å². The fraction of sp³-hybridized carbons (Fsp3) is 0. The molecule has 5 heteroatoms. The molecule has 0 aliphatic heterocycles. The third kappa shape index (κ3) is 1.76. The smallest absolute Gasteiger partial charge is 0.193 e. The molecule has 1 aromatic carbocycles. The van der Waals surface area contributed by atoms with E-state index in [4.69, 9.17) is 0 Å². The van der Waals surface area contributed by atoms with Gasteiger partial charge in [0.25, 0.3) is 0 Å². The molecular formula is C6H8NO3S+. The van der Waals surface area contributed by atoms with Crippen LogP contribution in [-0.4, -0.2) is 8.42 Å². The van der Waals surface area contributed by atoms with Crippen LogP contribution >= 0.6 is 0 Å². The standard InChI is InChI=1S/C6H8NO3S/c7-10-11(8,9)6-4-2-1-3-5-6/h1-5H,7H3/q+1. The van der Waals surface area contributed by atoms with Crippen molar-refractivity contribution < 1.29 is 18.6 Å². The molecule has 60 valence electrons. The Kier molecular flexibility index (Phi) is 2.23. The average molecular weight is 174 g/mol. The minimum Gasteiger partial charge on any atom is -0.193 e. The molecule has 0 saturated heterocycles. The second kappa shape index (κ2) is 3.00. The lowest BCUT2D eigenvalue weighted by Gasteiger charge is -1.95. The van der Waals surface area contributed by atoms with Crippen molar-refractivity contribution in [3.63, 3.8) is 0 Å². The summed E-state index contributed by atoms with van der Waals surface area (Å²) in [6.45, 7) is 0. The first-order chi connectivity index (χ1) is 5.17. The zero-order valence-corrected chi connectivity index (χ0v) is 6.54.